The summed E-state index contributed by atoms with van der Waals surface area (Å²) in [4.78, 5) is 0. The van der Waals surface area contributed by atoms with E-state index in [1.165, 1.54) is 4.48 Å². The van der Waals surface area contributed by atoms with Gasteiger partial charge in [0.15, 0.2) is 0 Å². The highest BCUT2D eigenvalue weighted by molar-refractivity contribution is 4.98. The zero-order chi connectivity index (χ0) is 9.92. The molecule has 0 N–H and O–H groups in total. The Hall–Kier alpha value is -0.110. The molecule has 0 atom stereocenters. The molecule has 0 radical (unpaired) electrons. The molecule has 0 saturated heterocycles. The third-order valence-corrected chi connectivity index (χ3v) is 5.07. The number of halogens is 1. The Morgan fingerprint density at radius 3 is 1.47 bits per heavy atom. The van der Waals surface area contributed by atoms with E-state index in [0.29, 0.717) is 0 Å². The number of nitrogens with zero attached hydrogens (tertiary/aromatic N) is 1. The van der Waals surface area contributed by atoms with Crippen LogP contribution in [0.5, 0.6) is 0 Å². The van der Waals surface area contributed by atoms with Gasteiger partial charge in [-0.3, -0.25) is 0 Å². The fraction of sp³-hybridized carbons (Fsp3) is 1.00. The van der Waals surface area contributed by atoms with Crippen LogP contribution >= 0.6 is 0 Å². The van der Waals surface area contributed by atoms with Crippen molar-refractivity contribution in [3.63, 3.8) is 0 Å². The van der Waals surface area contributed by atoms with E-state index in [0.717, 1.165) is 29.7 Å². The van der Waals surface area contributed by atoms with Crippen molar-refractivity contribution in [3.8, 4) is 0 Å². The van der Waals surface area contributed by atoms with Crippen LogP contribution in [0.2, 0.25) is 0 Å². The molecule has 1 nitrogen and oxygen atoms in total. The lowest BCUT2D eigenvalue weighted by molar-refractivity contribution is -0.907. The Bertz CT molecular complexity index is 215. The predicted octanol–water partition coefficient (Wildman–Crippen LogP) is -0.479. The second kappa shape index (κ2) is 3.44. The van der Waals surface area contributed by atoms with Crippen LogP contribution in [-0.2, 0) is 0 Å². The molecule has 4 aliphatic carbocycles. The first-order valence-corrected chi connectivity index (χ1v) is 6.35. The Labute approximate surface area is 92.8 Å². The van der Waals surface area contributed by atoms with E-state index in [1.54, 1.807) is 32.1 Å². The third-order valence-electron chi connectivity index (χ3n) is 5.07. The summed E-state index contributed by atoms with van der Waals surface area (Å²) in [6, 6.07) is 0.989. The molecular formula is C13H24FN. The average molecular weight is 213 g/mol. The zero-order valence-corrected chi connectivity index (χ0v) is 10.2. The Morgan fingerprint density at radius 1 is 0.733 bits per heavy atom. The maximum Gasteiger partial charge on any atom is 0.0941 e. The zero-order valence-electron chi connectivity index (χ0n) is 10.2. The lowest BCUT2D eigenvalue weighted by Gasteiger charge is -2.57. The van der Waals surface area contributed by atoms with Gasteiger partial charge in [-0.05, 0) is 43.9 Å². The number of quaternary nitrogens is 1. The van der Waals surface area contributed by atoms with Crippen molar-refractivity contribution >= 4 is 0 Å². The first-order valence-electron chi connectivity index (χ1n) is 6.35. The Morgan fingerprint density at radius 2 is 1.13 bits per heavy atom. The average Bonchev–Trinajstić information content (AvgIpc) is 1.97. The third kappa shape index (κ3) is 1.71. The lowest BCUT2D eigenvalue weighted by Crippen LogP contribution is -3.00. The quantitative estimate of drug-likeness (QED) is 0.516. The number of rotatable bonds is 1. The van der Waals surface area contributed by atoms with E-state index >= 15 is 0 Å². The minimum absolute atomic E-state index is 0. The largest absolute Gasteiger partial charge is 1.00 e. The Balaban J connectivity index is 0.000000853. The highest BCUT2D eigenvalue weighted by atomic mass is 19.0. The van der Waals surface area contributed by atoms with Crippen LogP contribution in [-0.4, -0.2) is 31.7 Å². The van der Waals surface area contributed by atoms with Crippen LogP contribution in [0.3, 0.4) is 0 Å². The minimum atomic E-state index is 0. The summed E-state index contributed by atoms with van der Waals surface area (Å²) in [7, 11) is 7.23. The van der Waals surface area contributed by atoms with Crippen LogP contribution in [0.4, 0.5) is 0 Å². The highest BCUT2D eigenvalue weighted by Crippen LogP contribution is 2.55. The molecule has 0 spiro atoms. The van der Waals surface area contributed by atoms with Gasteiger partial charge in [0.2, 0.25) is 0 Å². The first kappa shape index (κ1) is 11.4. The second-order valence-electron chi connectivity index (χ2n) is 7.04. The standard InChI is InChI=1S/C13H24N.FH/c1-14(2,3)13-11-5-9-4-10(7-11)8-12(13)6-9;/h9-13H,4-8H2,1-3H3;1H/q+1;/p-1. The molecule has 0 unspecified atom stereocenters. The van der Waals surface area contributed by atoms with Crippen molar-refractivity contribution in [3.05, 3.63) is 0 Å². The predicted molar refractivity (Wildman–Crippen MR) is 58.9 cm³/mol. The van der Waals surface area contributed by atoms with Crippen LogP contribution in [0.1, 0.15) is 32.1 Å². The monoisotopic (exact) mass is 213 g/mol. The summed E-state index contributed by atoms with van der Waals surface area (Å²) < 4.78 is 1.22. The fourth-order valence-corrected chi connectivity index (χ4v) is 5.16. The van der Waals surface area contributed by atoms with E-state index in [-0.39, 0.29) is 4.70 Å². The maximum atomic E-state index is 2.41. The SMILES string of the molecule is C[N+](C)(C)C1C2CC3CC(C2)CC1C3.[F-]. The molecule has 2 heteroatoms. The van der Waals surface area contributed by atoms with Crippen LogP contribution < -0.4 is 4.70 Å². The molecule has 15 heavy (non-hydrogen) atoms. The Kier molecular flexibility index (Phi) is 2.61. The molecule has 4 bridgehead atoms. The molecule has 4 aliphatic rings. The summed E-state index contributed by atoms with van der Waals surface area (Å²) in [6.07, 6.45) is 7.83. The van der Waals surface area contributed by atoms with Crippen molar-refractivity contribution in [2.24, 2.45) is 23.7 Å². The summed E-state index contributed by atoms with van der Waals surface area (Å²) in [5, 5.41) is 0. The topological polar surface area (TPSA) is 0 Å². The van der Waals surface area contributed by atoms with Gasteiger partial charge in [-0.15, -0.1) is 0 Å². The van der Waals surface area contributed by atoms with Gasteiger partial charge in [-0.2, -0.15) is 0 Å². The molecule has 0 heterocycles. The van der Waals surface area contributed by atoms with Gasteiger partial charge in [0.05, 0.1) is 27.2 Å². The van der Waals surface area contributed by atoms with Crippen LogP contribution in [0.25, 0.3) is 0 Å². The molecule has 0 amide bonds. The van der Waals surface area contributed by atoms with Gasteiger partial charge in [-0.1, -0.05) is 0 Å². The van der Waals surface area contributed by atoms with Crippen LogP contribution in [0.15, 0.2) is 0 Å². The van der Waals surface area contributed by atoms with Gasteiger partial charge >= 0.3 is 0 Å². The highest BCUT2D eigenvalue weighted by Gasteiger charge is 2.53. The van der Waals surface area contributed by atoms with Crippen molar-refractivity contribution in [1.29, 1.82) is 0 Å². The number of hydrogen-bond donors (Lipinski definition) is 0. The van der Waals surface area contributed by atoms with Gasteiger partial charge in [0.25, 0.3) is 0 Å². The van der Waals surface area contributed by atoms with Gasteiger partial charge < -0.3 is 9.19 Å². The lowest BCUT2D eigenvalue weighted by atomic mass is 9.53. The molecule has 0 aliphatic heterocycles. The normalized spacial score (nSPS) is 47.8. The fourth-order valence-electron chi connectivity index (χ4n) is 5.16. The van der Waals surface area contributed by atoms with Crippen molar-refractivity contribution in [2.75, 3.05) is 21.1 Å². The molecule has 0 aromatic carbocycles. The molecule has 0 aromatic heterocycles. The van der Waals surface area contributed by atoms with E-state index in [1.807, 2.05) is 0 Å². The van der Waals surface area contributed by atoms with Crippen molar-refractivity contribution in [1.82, 2.24) is 0 Å². The molecule has 4 saturated carbocycles. The van der Waals surface area contributed by atoms with E-state index in [9.17, 15) is 0 Å². The summed E-state index contributed by atoms with van der Waals surface area (Å²) in [5.41, 5.74) is 0. The first-order chi connectivity index (χ1) is 6.54. The van der Waals surface area contributed by atoms with Crippen LogP contribution in [0, 0.1) is 23.7 Å². The van der Waals surface area contributed by atoms with E-state index in [2.05, 4.69) is 21.1 Å². The summed E-state index contributed by atoms with van der Waals surface area (Å²) in [6.45, 7) is 0. The number of hydrogen-bond acceptors (Lipinski definition) is 0. The second-order valence-corrected chi connectivity index (χ2v) is 7.04. The van der Waals surface area contributed by atoms with E-state index in [4.69, 9.17) is 0 Å². The van der Waals surface area contributed by atoms with E-state index < -0.39 is 0 Å². The van der Waals surface area contributed by atoms with Gasteiger partial charge in [-0.25, -0.2) is 0 Å². The smallest absolute Gasteiger partial charge is 0.0941 e. The summed E-state index contributed by atoms with van der Waals surface area (Å²) >= 11 is 0. The molecule has 88 valence electrons. The molecular weight excluding hydrogens is 189 g/mol. The van der Waals surface area contributed by atoms with Gasteiger partial charge in [0, 0.05) is 11.8 Å². The molecule has 4 rings (SSSR count). The molecule has 4 fully saturated rings. The minimum Gasteiger partial charge on any atom is -1.00 e. The van der Waals surface area contributed by atoms with Crippen molar-refractivity contribution in [2.45, 2.75) is 38.1 Å². The maximum absolute atomic E-state index is 2.41. The summed E-state index contributed by atoms with van der Waals surface area (Å²) in [5.74, 6) is 4.40. The van der Waals surface area contributed by atoms with Gasteiger partial charge in [0.1, 0.15) is 0 Å². The molecule has 0 aromatic rings. The van der Waals surface area contributed by atoms with Crippen molar-refractivity contribution < 1.29 is 9.19 Å².